The third kappa shape index (κ3) is 5.07. The topological polar surface area (TPSA) is 58.6 Å². The van der Waals surface area contributed by atoms with Gasteiger partial charge >= 0.3 is 6.18 Å². The molecule has 2 aromatic carbocycles. The Hall–Kier alpha value is -3.03. The summed E-state index contributed by atoms with van der Waals surface area (Å²) in [5.41, 5.74) is 0.794. The molecule has 1 fully saturated rings. The Kier molecular flexibility index (Phi) is 6.10. The lowest BCUT2D eigenvalue weighted by atomic mass is 10.0. The highest BCUT2D eigenvalue weighted by Gasteiger charge is 2.30. The number of ether oxygens (including phenoxy) is 1. The number of hydrogen-bond donors (Lipinski definition) is 1. The second-order valence-corrected chi connectivity index (χ2v) is 6.86. The van der Waals surface area contributed by atoms with Crippen LogP contribution in [0.4, 0.5) is 18.9 Å². The van der Waals surface area contributed by atoms with Gasteiger partial charge in [0.15, 0.2) is 6.61 Å². The maximum absolute atomic E-state index is 12.8. The molecule has 0 unspecified atom stereocenters. The molecule has 1 N–H and O–H groups in total. The van der Waals surface area contributed by atoms with Gasteiger partial charge in [0.05, 0.1) is 16.8 Å². The number of likely N-dealkylation sites (tertiary alicyclic amines) is 1. The van der Waals surface area contributed by atoms with Gasteiger partial charge in [-0.3, -0.25) is 9.59 Å². The molecule has 0 spiro atoms. The molecule has 0 atom stereocenters. The molecule has 29 heavy (non-hydrogen) atoms. The van der Waals surface area contributed by atoms with Crippen LogP contribution in [0.25, 0.3) is 0 Å². The van der Waals surface area contributed by atoms with Crippen molar-refractivity contribution in [2.45, 2.75) is 25.9 Å². The Morgan fingerprint density at radius 3 is 2.34 bits per heavy atom. The van der Waals surface area contributed by atoms with E-state index in [1.807, 2.05) is 0 Å². The van der Waals surface area contributed by atoms with Crippen molar-refractivity contribution in [3.8, 4) is 5.75 Å². The lowest BCUT2D eigenvalue weighted by Crippen LogP contribution is -2.30. The molecule has 5 nitrogen and oxygen atoms in total. The Bertz CT molecular complexity index is 889. The summed E-state index contributed by atoms with van der Waals surface area (Å²) in [5, 5.41) is 2.67. The van der Waals surface area contributed by atoms with Crippen molar-refractivity contribution in [1.82, 2.24) is 4.90 Å². The summed E-state index contributed by atoms with van der Waals surface area (Å²) in [6.45, 7) is 2.80. The molecule has 2 amide bonds. The van der Waals surface area contributed by atoms with E-state index < -0.39 is 24.3 Å². The third-order valence-electron chi connectivity index (χ3n) is 4.71. The maximum atomic E-state index is 12.8. The van der Waals surface area contributed by atoms with Gasteiger partial charge in [-0.1, -0.05) is 12.1 Å². The van der Waals surface area contributed by atoms with Gasteiger partial charge in [-0.05, 0) is 55.7 Å². The molecule has 0 radical (unpaired) electrons. The molecule has 1 saturated heterocycles. The molecular formula is C21H21F3N2O3. The quantitative estimate of drug-likeness (QED) is 0.807. The van der Waals surface area contributed by atoms with E-state index in [1.165, 1.54) is 0 Å². The molecular weight excluding hydrogens is 385 g/mol. The number of nitrogens with zero attached hydrogens (tertiary/aromatic N) is 1. The largest absolute Gasteiger partial charge is 0.484 e. The van der Waals surface area contributed by atoms with Gasteiger partial charge in [0.1, 0.15) is 5.75 Å². The average molecular weight is 406 g/mol. The van der Waals surface area contributed by atoms with Crippen molar-refractivity contribution in [3.63, 3.8) is 0 Å². The van der Waals surface area contributed by atoms with Crippen LogP contribution in [0.3, 0.4) is 0 Å². The van der Waals surface area contributed by atoms with Crippen LogP contribution in [-0.4, -0.2) is 36.4 Å². The van der Waals surface area contributed by atoms with Crippen molar-refractivity contribution in [2.75, 3.05) is 25.0 Å². The van der Waals surface area contributed by atoms with Gasteiger partial charge in [-0.25, -0.2) is 0 Å². The Morgan fingerprint density at radius 2 is 1.72 bits per heavy atom. The lowest BCUT2D eigenvalue weighted by Gasteiger charge is -2.19. The average Bonchev–Trinajstić information content (AvgIpc) is 3.20. The highest BCUT2D eigenvalue weighted by Crippen LogP contribution is 2.30. The van der Waals surface area contributed by atoms with Crippen molar-refractivity contribution in [1.29, 1.82) is 0 Å². The van der Waals surface area contributed by atoms with Crippen LogP contribution >= 0.6 is 0 Å². The summed E-state index contributed by atoms with van der Waals surface area (Å²) in [5.74, 6) is -0.490. The number of amides is 2. The van der Waals surface area contributed by atoms with Gasteiger partial charge in [0.2, 0.25) is 0 Å². The number of aryl methyl sites for hydroxylation is 1. The first kappa shape index (κ1) is 20.7. The molecule has 1 aliphatic heterocycles. The normalized spacial score (nSPS) is 14.0. The first-order valence-electron chi connectivity index (χ1n) is 9.24. The van der Waals surface area contributed by atoms with Crippen molar-refractivity contribution >= 4 is 17.5 Å². The molecule has 2 aromatic rings. The summed E-state index contributed by atoms with van der Waals surface area (Å²) >= 11 is 0. The first-order chi connectivity index (χ1) is 13.8. The number of carbonyl (C=O) groups is 2. The van der Waals surface area contributed by atoms with E-state index in [0.717, 1.165) is 42.7 Å². The zero-order valence-electron chi connectivity index (χ0n) is 15.9. The highest BCUT2D eigenvalue weighted by atomic mass is 19.4. The zero-order chi connectivity index (χ0) is 21.0. The summed E-state index contributed by atoms with van der Waals surface area (Å²) in [6.07, 6.45) is -2.51. The van der Waals surface area contributed by atoms with Gasteiger partial charge in [-0.15, -0.1) is 0 Å². The fourth-order valence-electron chi connectivity index (χ4n) is 3.21. The predicted molar refractivity (Wildman–Crippen MR) is 102 cm³/mol. The lowest BCUT2D eigenvalue weighted by molar-refractivity contribution is -0.137. The van der Waals surface area contributed by atoms with Gasteiger partial charge in [-0.2, -0.15) is 13.2 Å². The highest BCUT2D eigenvalue weighted by molar-refractivity contribution is 6.05. The number of rotatable bonds is 5. The third-order valence-corrected chi connectivity index (χ3v) is 4.71. The van der Waals surface area contributed by atoms with E-state index in [1.54, 1.807) is 30.0 Å². The van der Waals surface area contributed by atoms with Crippen molar-refractivity contribution in [2.24, 2.45) is 0 Å². The standard InChI is InChI=1S/C21H21F3N2O3/c1-14-5-4-6-17(19(14)20(28)26-11-2-3-12-26)25-18(27)13-29-16-9-7-15(8-10-16)21(22,23)24/h4-10H,2-3,11-13H2,1H3,(H,25,27). The fraction of sp³-hybridized carbons (Fsp3) is 0.333. The predicted octanol–water partition coefficient (Wildman–Crippen LogP) is 4.27. The molecule has 154 valence electrons. The zero-order valence-corrected chi connectivity index (χ0v) is 15.9. The number of hydrogen-bond acceptors (Lipinski definition) is 3. The van der Waals surface area contributed by atoms with E-state index in [-0.39, 0.29) is 11.7 Å². The van der Waals surface area contributed by atoms with Crippen LogP contribution in [-0.2, 0) is 11.0 Å². The van der Waals surface area contributed by atoms with Gasteiger partial charge < -0.3 is 15.0 Å². The van der Waals surface area contributed by atoms with E-state index in [4.69, 9.17) is 4.74 Å². The number of benzene rings is 2. The molecule has 0 saturated carbocycles. The fourth-order valence-corrected chi connectivity index (χ4v) is 3.21. The molecule has 0 aliphatic carbocycles. The van der Waals surface area contributed by atoms with E-state index in [2.05, 4.69) is 5.32 Å². The summed E-state index contributed by atoms with van der Waals surface area (Å²) in [6, 6.07) is 9.28. The first-order valence-corrected chi connectivity index (χ1v) is 9.24. The summed E-state index contributed by atoms with van der Waals surface area (Å²) < 4.78 is 43.0. The number of carbonyl (C=O) groups excluding carboxylic acids is 2. The van der Waals surface area contributed by atoms with Crippen LogP contribution < -0.4 is 10.1 Å². The molecule has 3 rings (SSSR count). The Labute approximate surface area is 166 Å². The van der Waals surface area contributed by atoms with E-state index in [0.29, 0.717) is 24.3 Å². The molecule has 0 aromatic heterocycles. The maximum Gasteiger partial charge on any atom is 0.416 e. The van der Waals surface area contributed by atoms with E-state index >= 15 is 0 Å². The van der Waals surface area contributed by atoms with Crippen LogP contribution in [0.5, 0.6) is 5.75 Å². The minimum atomic E-state index is -4.43. The minimum absolute atomic E-state index is 0.125. The van der Waals surface area contributed by atoms with E-state index in [9.17, 15) is 22.8 Å². The Balaban J connectivity index is 1.65. The molecule has 8 heteroatoms. The van der Waals surface area contributed by atoms with Crippen LogP contribution in [0.15, 0.2) is 42.5 Å². The van der Waals surface area contributed by atoms with Crippen LogP contribution in [0.1, 0.15) is 34.3 Å². The van der Waals surface area contributed by atoms with Gasteiger partial charge in [0.25, 0.3) is 11.8 Å². The molecule has 1 aliphatic rings. The second kappa shape index (κ2) is 8.55. The van der Waals surface area contributed by atoms with Crippen molar-refractivity contribution < 1.29 is 27.5 Å². The van der Waals surface area contributed by atoms with Gasteiger partial charge in [0, 0.05) is 13.1 Å². The Morgan fingerprint density at radius 1 is 1.07 bits per heavy atom. The number of nitrogens with one attached hydrogen (secondary N) is 1. The molecule has 0 bridgehead atoms. The molecule has 1 heterocycles. The second-order valence-electron chi connectivity index (χ2n) is 6.86. The van der Waals surface area contributed by atoms with Crippen LogP contribution in [0.2, 0.25) is 0 Å². The SMILES string of the molecule is Cc1cccc(NC(=O)COc2ccc(C(F)(F)F)cc2)c1C(=O)N1CCCC1. The number of anilines is 1. The van der Waals surface area contributed by atoms with Crippen molar-refractivity contribution in [3.05, 3.63) is 59.2 Å². The smallest absolute Gasteiger partial charge is 0.416 e. The number of halogens is 3. The minimum Gasteiger partial charge on any atom is -0.484 e. The monoisotopic (exact) mass is 406 g/mol. The number of alkyl halides is 3. The summed E-state index contributed by atoms with van der Waals surface area (Å²) in [7, 11) is 0. The summed E-state index contributed by atoms with van der Waals surface area (Å²) in [4.78, 5) is 26.9. The van der Waals surface area contributed by atoms with Crippen LogP contribution in [0, 0.1) is 6.92 Å².